The number of aromatic nitrogens is 2. The Morgan fingerprint density at radius 3 is 2.60 bits per heavy atom. The van der Waals surface area contributed by atoms with Crippen molar-refractivity contribution in [3.8, 4) is 6.07 Å². The van der Waals surface area contributed by atoms with Crippen molar-refractivity contribution in [1.29, 1.82) is 5.26 Å². The van der Waals surface area contributed by atoms with Crippen LogP contribution in [0.5, 0.6) is 0 Å². The molecule has 0 saturated heterocycles. The molecule has 0 amide bonds. The molecule has 3 nitrogen and oxygen atoms in total. The quantitative estimate of drug-likeness (QED) is 0.663. The zero-order valence-electron chi connectivity index (χ0n) is 4.67. The highest BCUT2D eigenvalue weighted by Crippen LogP contribution is 2.09. The number of nitrogens with zero attached hydrogens (tertiary/aromatic N) is 3. The molecule has 0 radical (unpaired) electrons. The third-order valence-electron chi connectivity index (χ3n) is 0.823. The first-order valence-electron chi connectivity index (χ1n) is 2.33. The van der Waals surface area contributed by atoms with E-state index in [0.717, 1.165) is 7.27 Å². The van der Waals surface area contributed by atoms with E-state index in [1.807, 2.05) is 12.1 Å². The lowest BCUT2D eigenvalue weighted by atomic mass is 10.4. The van der Waals surface area contributed by atoms with Crippen LogP contribution in [0.4, 0.5) is 0 Å². The van der Waals surface area contributed by atoms with Crippen molar-refractivity contribution in [3.63, 3.8) is 0 Å². The van der Waals surface area contributed by atoms with E-state index in [2.05, 4.69) is 55.4 Å². The first-order valence-corrected chi connectivity index (χ1v) is 4.48. The highest BCUT2D eigenvalue weighted by Gasteiger charge is 1.99. The lowest BCUT2D eigenvalue weighted by Crippen LogP contribution is -1.93. The molecule has 0 aliphatic carbocycles. The molecule has 1 aromatic rings. The minimum absolute atomic E-state index is 0.390. The van der Waals surface area contributed by atoms with Crippen LogP contribution in [0.1, 0.15) is 5.69 Å². The summed E-state index contributed by atoms with van der Waals surface area (Å²) < 4.78 is 1.65. The maximum Gasteiger partial charge on any atom is 0.176 e. The molecule has 0 atom stereocenters. The summed E-state index contributed by atoms with van der Waals surface area (Å²) >= 11 is 4.11. The summed E-state index contributed by atoms with van der Waals surface area (Å²) in [6.45, 7) is 0. The Kier molecular flexibility index (Phi) is 2.79. The van der Waals surface area contributed by atoms with Crippen LogP contribution in [-0.4, -0.2) is 10.2 Å². The first kappa shape index (κ1) is 8.13. The molecule has 1 aromatic heterocycles. The van der Waals surface area contributed by atoms with Crippen LogP contribution < -0.4 is 0 Å². The zero-order valence-corrected chi connectivity index (χ0v) is 8.99. The van der Waals surface area contributed by atoms with Crippen molar-refractivity contribution < 1.29 is 0 Å². The summed E-state index contributed by atoms with van der Waals surface area (Å²) in [7, 11) is 0. The van der Waals surface area contributed by atoms with Gasteiger partial charge in [-0.2, -0.15) is 5.26 Å². The van der Waals surface area contributed by atoms with E-state index in [4.69, 9.17) is 5.26 Å². The molecule has 1 rings (SSSR count). The first-order chi connectivity index (χ1) is 4.74. The van der Waals surface area contributed by atoms with Gasteiger partial charge < -0.3 is 0 Å². The van der Waals surface area contributed by atoms with Crippen LogP contribution in [0.2, 0.25) is 0 Å². The minimum Gasteiger partial charge on any atom is -0.191 e. The molecule has 0 spiro atoms. The summed E-state index contributed by atoms with van der Waals surface area (Å²) in [5.41, 5.74) is 0.390. The lowest BCUT2D eigenvalue weighted by Gasteiger charge is -1.90. The molecule has 0 aliphatic heterocycles. The molecule has 5 heteroatoms. The third-order valence-corrected chi connectivity index (χ3v) is 2.17. The van der Waals surface area contributed by atoms with Gasteiger partial charge in [0.2, 0.25) is 0 Å². The predicted octanol–water partition coefficient (Wildman–Crippen LogP) is 1.56. The zero-order chi connectivity index (χ0) is 7.56. The van der Waals surface area contributed by atoms with E-state index < -0.39 is 0 Å². The van der Waals surface area contributed by atoms with Gasteiger partial charge >= 0.3 is 0 Å². The maximum absolute atomic E-state index is 8.45. The number of nitriles is 1. The maximum atomic E-state index is 8.45. The minimum atomic E-state index is 0.390. The van der Waals surface area contributed by atoms with Crippen molar-refractivity contribution in [2.45, 2.75) is 0 Å². The van der Waals surface area contributed by atoms with E-state index in [9.17, 15) is 0 Å². The van der Waals surface area contributed by atoms with Gasteiger partial charge in [-0.25, -0.2) is 0 Å². The topological polar surface area (TPSA) is 49.6 Å². The van der Waals surface area contributed by atoms with Crippen LogP contribution in [0.3, 0.4) is 0 Å². The average Bonchev–Trinajstić information content (AvgIpc) is 1.88. The Balaban J connectivity index is 3.23. The summed E-state index contributed by atoms with van der Waals surface area (Å²) in [4.78, 5) is 0. The van der Waals surface area contributed by atoms with Crippen molar-refractivity contribution >= 4 is 45.2 Å². The standard InChI is InChI=1S/C5HI2N3/c6-3-1-5(7)10-9-4(3)2-8/h1H. The summed E-state index contributed by atoms with van der Waals surface area (Å²) in [6.07, 6.45) is 0. The molecule has 10 heavy (non-hydrogen) atoms. The van der Waals surface area contributed by atoms with Crippen molar-refractivity contribution in [3.05, 3.63) is 19.0 Å². The van der Waals surface area contributed by atoms with Crippen molar-refractivity contribution in [2.24, 2.45) is 0 Å². The van der Waals surface area contributed by atoms with Crippen LogP contribution in [0.15, 0.2) is 6.07 Å². The number of halogens is 2. The number of hydrogen-bond acceptors (Lipinski definition) is 3. The monoisotopic (exact) mass is 357 g/mol. The van der Waals surface area contributed by atoms with E-state index in [1.54, 1.807) is 0 Å². The van der Waals surface area contributed by atoms with Gasteiger partial charge in [0.15, 0.2) is 5.69 Å². The number of hydrogen-bond donors (Lipinski definition) is 0. The van der Waals surface area contributed by atoms with Crippen LogP contribution in [0.25, 0.3) is 0 Å². The average molecular weight is 357 g/mol. The molecular weight excluding hydrogens is 356 g/mol. The Hall–Kier alpha value is 0.0300. The van der Waals surface area contributed by atoms with Gasteiger partial charge in [-0.1, -0.05) is 0 Å². The van der Waals surface area contributed by atoms with E-state index in [1.165, 1.54) is 0 Å². The molecule has 0 aromatic carbocycles. The van der Waals surface area contributed by atoms with Crippen molar-refractivity contribution in [1.82, 2.24) is 10.2 Å². The second-order valence-electron chi connectivity index (χ2n) is 1.48. The SMILES string of the molecule is N#Cc1nnc(I)cc1I. The molecule has 50 valence electrons. The predicted molar refractivity (Wildman–Crippen MR) is 52.2 cm³/mol. The normalized spacial score (nSPS) is 8.90. The third kappa shape index (κ3) is 1.76. The fourth-order valence-corrected chi connectivity index (χ4v) is 1.96. The van der Waals surface area contributed by atoms with Gasteiger partial charge in [0.25, 0.3) is 0 Å². The molecule has 0 fully saturated rings. The highest BCUT2D eigenvalue weighted by atomic mass is 127. The van der Waals surface area contributed by atoms with Gasteiger partial charge in [-0.15, -0.1) is 10.2 Å². The lowest BCUT2D eigenvalue weighted by molar-refractivity contribution is 0.973. The smallest absolute Gasteiger partial charge is 0.176 e. The van der Waals surface area contributed by atoms with Gasteiger partial charge in [0.05, 0.1) is 3.57 Å². The summed E-state index contributed by atoms with van der Waals surface area (Å²) in [5.74, 6) is 0. The van der Waals surface area contributed by atoms with E-state index in [-0.39, 0.29) is 0 Å². The Morgan fingerprint density at radius 1 is 1.40 bits per heavy atom. The molecule has 1 heterocycles. The Bertz CT molecular complexity index is 291. The highest BCUT2D eigenvalue weighted by molar-refractivity contribution is 14.1. The summed E-state index contributed by atoms with van der Waals surface area (Å²) in [5, 5.41) is 15.8. The largest absolute Gasteiger partial charge is 0.191 e. The fourth-order valence-electron chi connectivity index (χ4n) is 0.423. The molecule has 0 bridgehead atoms. The molecule has 0 saturated carbocycles. The molecule has 0 aliphatic rings. The summed E-state index contributed by atoms with van der Waals surface area (Å²) in [6, 6.07) is 3.75. The molecule has 0 N–H and O–H groups in total. The Morgan fingerprint density at radius 2 is 2.10 bits per heavy atom. The van der Waals surface area contributed by atoms with Crippen LogP contribution >= 0.6 is 45.2 Å². The van der Waals surface area contributed by atoms with Crippen LogP contribution in [-0.2, 0) is 0 Å². The van der Waals surface area contributed by atoms with Gasteiger partial charge in [0, 0.05) is 0 Å². The van der Waals surface area contributed by atoms with E-state index >= 15 is 0 Å². The molecule has 0 unspecified atom stereocenters. The van der Waals surface area contributed by atoms with E-state index in [0.29, 0.717) is 5.69 Å². The van der Waals surface area contributed by atoms with Crippen LogP contribution in [0, 0.1) is 18.6 Å². The second kappa shape index (κ2) is 3.43. The van der Waals surface area contributed by atoms with Gasteiger partial charge in [0.1, 0.15) is 9.77 Å². The molecular formula is C5HI2N3. The van der Waals surface area contributed by atoms with Gasteiger partial charge in [-0.3, -0.25) is 0 Å². The second-order valence-corrected chi connectivity index (χ2v) is 3.74. The number of rotatable bonds is 0. The Labute approximate surface area is 85.1 Å². The van der Waals surface area contributed by atoms with Gasteiger partial charge in [-0.05, 0) is 51.2 Å². The fraction of sp³-hybridized carbons (Fsp3) is 0. The van der Waals surface area contributed by atoms with Crippen molar-refractivity contribution in [2.75, 3.05) is 0 Å².